The number of hydrogen-bond donors (Lipinski definition) is 1. The molecule has 6 nitrogen and oxygen atoms in total. The first-order valence-corrected chi connectivity index (χ1v) is 11.5. The predicted octanol–water partition coefficient (Wildman–Crippen LogP) is 5.04. The fourth-order valence-corrected chi connectivity index (χ4v) is 3.72. The molecule has 0 aliphatic heterocycles. The van der Waals surface area contributed by atoms with Gasteiger partial charge in [-0.1, -0.05) is 61.5 Å². The Morgan fingerprint density at radius 2 is 1.79 bits per heavy atom. The number of benzene rings is 2. The van der Waals surface area contributed by atoms with Crippen LogP contribution in [0.4, 0.5) is 0 Å². The van der Waals surface area contributed by atoms with Crippen LogP contribution in [0.3, 0.4) is 0 Å². The van der Waals surface area contributed by atoms with E-state index in [1.54, 1.807) is 10.8 Å². The molecule has 0 amide bonds. The van der Waals surface area contributed by atoms with Gasteiger partial charge in [0, 0.05) is 31.7 Å². The van der Waals surface area contributed by atoms with E-state index in [1.807, 2.05) is 55.6 Å². The molecule has 0 bridgehead atoms. The second-order valence-corrected chi connectivity index (χ2v) is 8.20. The maximum absolute atomic E-state index is 10.6. The van der Waals surface area contributed by atoms with Crippen molar-refractivity contribution < 1.29 is 14.6 Å². The first-order chi connectivity index (χ1) is 16.0. The molecule has 0 spiro atoms. The quantitative estimate of drug-likeness (QED) is 0.293. The fraction of sp³-hybridized carbons (Fsp3) is 0.370. The molecule has 0 aliphatic rings. The molecule has 0 radical (unpaired) electrons. The SMILES string of the molecule is C=CCOC[C@H](O)CN(Cc1c(-c2ccccc2)nn(C)c1Oc1ccccc1)[C@H](C)CC. The summed E-state index contributed by atoms with van der Waals surface area (Å²) < 4.78 is 13.6. The number of aliphatic hydroxyl groups excluding tert-OH is 1. The molecule has 6 heteroatoms. The Kier molecular flexibility index (Phi) is 9.24. The van der Waals surface area contributed by atoms with Crippen LogP contribution in [0.25, 0.3) is 11.3 Å². The highest BCUT2D eigenvalue weighted by Gasteiger charge is 2.25. The van der Waals surface area contributed by atoms with Gasteiger partial charge in [0.1, 0.15) is 11.4 Å². The summed E-state index contributed by atoms with van der Waals surface area (Å²) in [6, 6.07) is 20.1. The smallest absolute Gasteiger partial charge is 0.222 e. The molecular formula is C27H35N3O3. The van der Waals surface area contributed by atoms with Crippen molar-refractivity contribution in [3.05, 3.63) is 78.9 Å². The molecule has 1 aromatic heterocycles. The maximum atomic E-state index is 10.6. The van der Waals surface area contributed by atoms with Crippen LogP contribution in [-0.2, 0) is 18.3 Å². The minimum Gasteiger partial charge on any atom is -0.439 e. The van der Waals surface area contributed by atoms with Gasteiger partial charge < -0.3 is 14.6 Å². The number of aryl methyl sites for hydroxylation is 1. The van der Waals surface area contributed by atoms with E-state index >= 15 is 0 Å². The zero-order chi connectivity index (χ0) is 23.6. The second-order valence-electron chi connectivity index (χ2n) is 8.20. The topological polar surface area (TPSA) is 59.8 Å². The molecule has 0 saturated heterocycles. The van der Waals surface area contributed by atoms with E-state index in [9.17, 15) is 5.11 Å². The van der Waals surface area contributed by atoms with Crippen molar-refractivity contribution in [2.75, 3.05) is 19.8 Å². The summed E-state index contributed by atoms with van der Waals surface area (Å²) in [5, 5.41) is 15.4. The molecule has 3 rings (SSSR count). The van der Waals surface area contributed by atoms with Crippen LogP contribution in [0.15, 0.2) is 73.3 Å². The van der Waals surface area contributed by atoms with Crippen LogP contribution >= 0.6 is 0 Å². The van der Waals surface area contributed by atoms with Crippen molar-refractivity contribution in [3.8, 4) is 22.9 Å². The lowest BCUT2D eigenvalue weighted by atomic mass is 10.1. The molecule has 1 N–H and O–H groups in total. The van der Waals surface area contributed by atoms with Crippen molar-refractivity contribution in [2.24, 2.45) is 7.05 Å². The van der Waals surface area contributed by atoms with Crippen LogP contribution in [-0.4, -0.2) is 51.7 Å². The van der Waals surface area contributed by atoms with E-state index < -0.39 is 6.10 Å². The van der Waals surface area contributed by atoms with Gasteiger partial charge in [-0.05, 0) is 25.5 Å². The Morgan fingerprint density at radius 1 is 1.12 bits per heavy atom. The largest absolute Gasteiger partial charge is 0.439 e. The number of aromatic nitrogens is 2. The molecule has 0 aliphatic carbocycles. The molecule has 2 aromatic carbocycles. The molecule has 33 heavy (non-hydrogen) atoms. The van der Waals surface area contributed by atoms with E-state index in [1.165, 1.54) is 0 Å². The molecule has 0 saturated carbocycles. The fourth-order valence-electron chi connectivity index (χ4n) is 3.72. The van der Waals surface area contributed by atoms with Gasteiger partial charge in [-0.25, -0.2) is 4.68 Å². The van der Waals surface area contributed by atoms with Gasteiger partial charge >= 0.3 is 0 Å². The van der Waals surface area contributed by atoms with Gasteiger partial charge in [0.15, 0.2) is 0 Å². The summed E-state index contributed by atoms with van der Waals surface area (Å²) in [5.41, 5.74) is 2.91. The molecular weight excluding hydrogens is 414 g/mol. The van der Waals surface area contributed by atoms with E-state index in [0.717, 1.165) is 29.0 Å². The van der Waals surface area contributed by atoms with Crippen LogP contribution < -0.4 is 4.74 Å². The highest BCUT2D eigenvalue weighted by Crippen LogP contribution is 2.34. The monoisotopic (exact) mass is 449 g/mol. The van der Waals surface area contributed by atoms with Crippen LogP contribution in [0, 0.1) is 0 Å². The molecule has 176 valence electrons. The third kappa shape index (κ3) is 6.78. The third-order valence-corrected chi connectivity index (χ3v) is 5.66. The van der Waals surface area contributed by atoms with Crippen molar-refractivity contribution in [3.63, 3.8) is 0 Å². The average Bonchev–Trinajstić information content (AvgIpc) is 3.14. The zero-order valence-electron chi connectivity index (χ0n) is 19.9. The number of hydrogen-bond acceptors (Lipinski definition) is 5. The average molecular weight is 450 g/mol. The Balaban J connectivity index is 1.95. The van der Waals surface area contributed by atoms with Gasteiger partial charge in [-0.3, -0.25) is 4.90 Å². The van der Waals surface area contributed by atoms with Crippen molar-refractivity contribution in [1.82, 2.24) is 14.7 Å². The van der Waals surface area contributed by atoms with Crippen molar-refractivity contribution >= 4 is 0 Å². The summed E-state index contributed by atoms with van der Waals surface area (Å²) in [6.07, 6.45) is 2.04. The maximum Gasteiger partial charge on any atom is 0.222 e. The lowest BCUT2D eigenvalue weighted by Crippen LogP contribution is -2.40. The molecule has 0 unspecified atom stereocenters. The predicted molar refractivity (Wildman–Crippen MR) is 132 cm³/mol. The van der Waals surface area contributed by atoms with Crippen molar-refractivity contribution in [2.45, 2.75) is 39.0 Å². The zero-order valence-corrected chi connectivity index (χ0v) is 19.9. The number of ether oxygens (including phenoxy) is 2. The molecule has 1 heterocycles. The minimum absolute atomic E-state index is 0.257. The highest BCUT2D eigenvalue weighted by atomic mass is 16.5. The second kappa shape index (κ2) is 12.3. The number of rotatable bonds is 13. The summed E-state index contributed by atoms with van der Waals surface area (Å²) in [7, 11) is 1.90. The number of aliphatic hydroxyl groups is 1. The third-order valence-electron chi connectivity index (χ3n) is 5.66. The van der Waals surface area contributed by atoms with Gasteiger partial charge in [0.05, 0.1) is 24.9 Å². The first-order valence-electron chi connectivity index (χ1n) is 11.5. The van der Waals surface area contributed by atoms with E-state index in [2.05, 4.69) is 37.5 Å². The first kappa shape index (κ1) is 24.7. The van der Waals surface area contributed by atoms with Crippen LogP contribution in [0.5, 0.6) is 11.6 Å². The molecule has 0 fully saturated rings. The summed E-state index contributed by atoms with van der Waals surface area (Å²) in [5.74, 6) is 1.46. The Morgan fingerprint density at radius 3 is 2.42 bits per heavy atom. The van der Waals surface area contributed by atoms with Gasteiger partial charge in [0.2, 0.25) is 5.88 Å². The van der Waals surface area contributed by atoms with Gasteiger partial charge in [-0.15, -0.1) is 6.58 Å². The number of nitrogens with zero attached hydrogens (tertiary/aromatic N) is 3. The highest BCUT2D eigenvalue weighted by molar-refractivity contribution is 5.65. The summed E-state index contributed by atoms with van der Waals surface area (Å²) >= 11 is 0. The Bertz CT molecular complexity index is 989. The Hall–Kier alpha value is -2.93. The van der Waals surface area contributed by atoms with E-state index in [0.29, 0.717) is 25.6 Å². The normalized spacial score (nSPS) is 13.1. The van der Waals surface area contributed by atoms with Crippen molar-refractivity contribution in [1.29, 1.82) is 0 Å². The Labute approximate surface area is 197 Å². The summed E-state index contributed by atoms with van der Waals surface area (Å²) in [6.45, 7) is 9.76. The van der Waals surface area contributed by atoms with Crippen LogP contribution in [0.2, 0.25) is 0 Å². The lowest BCUT2D eigenvalue weighted by Gasteiger charge is -2.30. The summed E-state index contributed by atoms with van der Waals surface area (Å²) in [4.78, 5) is 2.27. The van der Waals surface area contributed by atoms with Crippen LogP contribution in [0.1, 0.15) is 25.8 Å². The minimum atomic E-state index is -0.603. The molecule has 3 aromatic rings. The standard InChI is InChI=1S/C27H35N3O3/c1-5-17-32-20-23(31)18-30(21(3)6-2)19-25-26(22-13-9-7-10-14-22)28-29(4)27(25)33-24-15-11-8-12-16-24/h5,7-16,21,23,31H,1,6,17-20H2,2-4H3/t21-,23-/m1/s1. The van der Waals surface area contributed by atoms with E-state index in [-0.39, 0.29) is 12.6 Å². The lowest BCUT2D eigenvalue weighted by molar-refractivity contribution is 0.0156. The molecule has 2 atom stereocenters. The van der Waals surface area contributed by atoms with Gasteiger partial charge in [-0.2, -0.15) is 5.10 Å². The van der Waals surface area contributed by atoms with Gasteiger partial charge in [0.25, 0.3) is 0 Å². The van der Waals surface area contributed by atoms with E-state index in [4.69, 9.17) is 14.6 Å². The number of para-hydroxylation sites is 1.